The predicted molar refractivity (Wildman–Crippen MR) is 80.0 cm³/mol. The molecular formula is C16H12BrNO. The summed E-state index contributed by atoms with van der Waals surface area (Å²) < 4.78 is 5.45. The molecular weight excluding hydrogens is 302 g/mol. The van der Waals surface area contributed by atoms with E-state index in [0.29, 0.717) is 5.89 Å². The maximum absolute atomic E-state index is 5.45. The maximum atomic E-state index is 5.45. The van der Waals surface area contributed by atoms with Gasteiger partial charge in [0.1, 0.15) is 6.26 Å². The Kier molecular flexibility index (Phi) is 3.47. The van der Waals surface area contributed by atoms with Crippen molar-refractivity contribution >= 4 is 15.9 Å². The third kappa shape index (κ3) is 2.47. The number of oxazole rings is 1. The molecule has 19 heavy (non-hydrogen) atoms. The highest BCUT2D eigenvalue weighted by atomic mass is 79.9. The van der Waals surface area contributed by atoms with Crippen LogP contribution in [0, 0.1) is 0 Å². The summed E-state index contributed by atoms with van der Waals surface area (Å²) in [7, 11) is 0. The Balaban J connectivity index is 2.19. The average molecular weight is 314 g/mol. The number of aromatic nitrogens is 1. The van der Waals surface area contributed by atoms with Crippen LogP contribution in [0.5, 0.6) is 0 Å². The molecule has 0 saturated carbocycles. The van der Waals surface area contributed by atoms with Crippen LogP contribution in [-0.2, 0) is 5.33 Å². The molecule has 0 atom stereocenters. The number of hydrogen-bond acceptors (Lipinski definition) is 2. The van der Waals surface area contributed by atoms with Crippen LogP contribution in [0.25, 0.3) is 22.6 Å². The molecule has 2 aromatic carbocycles. The van der Waals surface area contributed by atoms with Crippen LogP contribution in [-0.4, -0.2) is 4.98 Å². The zero-order chi connectivity index (χ0) is 13.1. The summed E-state index contributed by atoms with van der Waals surface area (Å²) in [6, 6.07) is 16.6. The predicted octanol–water partition coefficient (Wildman–Crippen LogP) is 4.90. The average Bonchev–Trinajstić information content (AvgIpc) is 3.01. The Morgan fingerprint density at radius 1 is 1.00 bits per heavy atom. The zero-order valence-corrected chi connectivity index (χ0v) is 11.8. The quantitative estimate of drug-likeness (QED) is 0.642. The minimum atomic E-state index is 0.654. The highest BCUT2D eigenvalue weighted by Gasteiger charge is 2.11. The van der Waals surface area contributed by atoms with Crippen LogP contribution in [0.3, 0.4) is 0 Å². The summed E-state index contributed by atoms with van der Waals surface area (Å²) >= 11 is 3.48. The van der Waals surface area contributed by atoms with Crippen molar-refractivity contribution in [2.75, 3.05) is 0 Å². The molecule has 3 aromatic rings. The molecule has 0 bridgehead atoms. The van der Waals surface area contributed by atoms with Crippen molar-refractivity contribution in [3.8, 4) is 22.6 Å². The van der Waals surface area contributed by atoms with Gasteiger partial charge >= 0.3 is 0 Å². The first-order valence-electron chi connectivity index (χ1n) is 6.02. The van der Waals surface area contributed by atoms with Gasteiger partial charge in [-0.15, -0.1) is 0 Å². The van der Waals surface area contributed by atoms with E-state index in [0.717, 1.165) is 22.0 Å². The van der Waals surface area contributed by atoms with Gasteiger partial charge in [0.2, 0.25) is 5.89 Å². The molecule has 3 heteroatoms. The van der Waals surface area contributed by atoms with Crippen molar-refractivity contribution in [1.82, 2.24) is 4.98 Å². The lowest BCUT2D eigenvalue weighted by Crippen LogP contribution is -1.88. The van der Waals surface area contributed by atoms with E-state index in [-0.39, 0.29) is 0 Å². The third-order valence-electron chi connectivity index (χ3n) is 2.99. The van der Waals surface area contributed by atoms with Crippen LogP contribution >= 0.6 is 15.9 Å². The monoisotopic (exact) mass is 313 g/mol. The van der Waals surface area contributed by atoms with Gasteiger partial charge in [-0.3, -0.25) is 0 Å². The Morgan fingerprint density at radius 3 is 2.53 bits per heavy atom. The van der Waals surface area contributed by atoms with Crippen molar-refractivity contribution in [1.29, 1.82) is 0 Å². The molecule has 0 unspecified atom stereocenters. The standard InChI is InChI=1S/C16H12BrNO/c17-11-12-6-7-14(13-4-2-1-3-5-13)15(10-12)16-18-8-9-19-16/h1-10H,11H2. The second-order valence-corrected chi connectivity index (χ2v) is 4.78. The molecule has 0 aliphatic carbocycles. The van der Waals surface area contributed by atoms with Gasteiger partial charge in [-0.05, 0) is 22.8 Å². The normalized spacial score (nSPS) is 10.6. The Morgan fingerprint density at radius 2 is 1.84 bits per heavy atom. The first kappa shape index (κ1) is 12.2. The molecule has 0 saturated heterocycles. The van der Waals surface area contributed by atoms with Crippen LogP contribution in [0.15, 0.2) is 65.4 Å². The van der Waals surface area contributed by atoms with E-state index in [1.807, 2.05) is 18.2 Å². The lowest BCUT2D eigenvalue weighted by molar-refractivity contribution is 0.574. The highest BCUT2D eigenvalue weighted by Crippen LogP contribution is 2.32. The molecule has 2 nitrogen and oxygen atoms in total. The molecule has 0 amide bonds. The van der Waals surface area contributed by atoms with E-state index < -0.39 is 0 Å². The van der Waals surface area contributed by atoms with E-state index in [9.17, 15) is 0 Å². The topological polar surface area (TPSA) is 26.0 Å². The summed E-state index contributed by atoms with van der Waals surface area (Å²) in [4.78, 5) is 4.27. The van der Waals surface area contributed by atoms with Gasteiger partial charge in [0, 0.05) is 10.9 Å². The molecule has 0 spiro atoms. The molecule has 1 heterocycles. The van der Waals surface area contributed by atoms with E-state index in [2.05, 4.69) is 51.2 Å². The molecule has 3 rings (SSSR count). The number of alkyl halides is 1. The lowest BCUT2D eigenvalue weighted by atomic mass is 9.98. The molecule has 0 aliphatic rings. The van der Waals surface area contributed by atoms with Crippen LogP contribution < -0.4 is 0 Å². The summed E-state index contributed by atoms with van der Waals surface area (Å²) in [5, 5.41) is 0.815. The van der Waals surface area contributed by atoms with Gasteiger partial charge in [-0.2, -0.15) is 0 Å². The van der Waals surface area contributed by atoms with Crippen molar-refractivity contribution in [3.63, 3.8) is 0 Å². The van der Waals surface area contributed by atoms with Crippen molar-refractivity contribution in [3.05, 3.63) is 66.6 Å². The van der Waals surface area contributed by atoms with Crippen LogP contribution in [0.2, 0.25) is 0 Å². The van der Waals surface area contributed by atoms with Crippen LogP contribution in [0.4, 0.5) is 0 Å². The Labute approximate surface area is 120 Å². The second-order valence-electron chi connectivity index (χ2n) is 4.22. The SMILES string of the molecule is BrCc1ccc(-c2ccccc2)c(-c2ncco2)c1. The molecule has 94 valence electrons. The number of nitrogens with zero attached hydrogens (tertiary/aromatic N) is 1. The smallest absolute Gasteiger partial charge is 0.226 e. The van der Waals surface area contributed by atoms with E-state index >= 15 is 0 Å². The largest absolute Gasteiger partial charge is 0.445 e. The first-order chi connectivity index (χ1) is 9.38. The Bertz CT molecular complexity index is 662. The Hall–Kier alpha value is -1.87. The first-order valence-corrected chi connectivity index (χ1v) is 7.15. The number of rotatable bonds is 3. The van der Waals surface area contributed by atoms with E-state index in [4.69, 9.17) is 4.42 Å². The molecule has 0 radical (unpaired) electrons. The van der Waals surface area contributed by atoms with Crippen molar-refractivity contribution < 1.29 is 4.42 Å². The lowest BCUT2D eigenvalue weighted by Gasteiger charge is -2.08. The third-order valence-corrected chi connectivity index (χ3v) is 3.63. The zero-order valence-electron chi connectivity index (χ0n) is 10.2. The van der Waals surface area contributed by atoms with E-state index in [1.165, 1.54) is 5.56 Å². The number of halogens is 1. The fourth-order valence-electron chi connectivity index (χ4n) is 2.08. The summed E-state index contributed by atoms with van der Waals surface area (Å²) in [5.41, 5.74) is 4.52. The number of hydrogen-bond donors (Lipinski definition) is 0. The van der Waals surface area contributed by atoms with E-state index in [1.54, 1.807) is 12.5 Å². The van der Waals surface area contributed by atoms with Gasteiger partial charge in [0.05, 0.1) is 6.20 Å². The summed E-state index contributed by atoms with van der Waals surface area (Å²) in [6.07, 6.45) is 3.27. The molecule has 0 fully saturated rings. The van der Waals surface area contributed by atoms with Gasteiger partial charge < -0.3 is 4.42 Å². The molecule has 0 N–H and O–H groups in total. The van der Waals surface area contributed by atoms with Crippen molar-refractivity contribution in [2.24, 2.45) is 0 Å². The minimum Gasteiger partial charge on any atom is -0.445 e. The van der Waals surface area contributed by atoms with Gasteiger partial charge in [-0.25, -0.2) is 4.98 Å². The molecule has 0 aliphatic heterocycles. The van der Waals surface area contributed by atoms with Gasteiger partial charge in [0.25, 0.3) is 0 Å². The van der Waals surface area contributed by atoms with Crippen molar-refractivity contribution in [2.45, 2.75) is 5.33 Å². The fraction of sp³-hybridized carbons (Fsp3) is 0.0625. The minimum absolute atomic E-state index is 0.654. The fourth-order valence-corrected chi connectivity index (χ4v) is 2.43. The van der Waals surface area contributed by atoms with Gasteiger partial charge in [0.15, 0.2) is 0 Å². The van der Waals surface area contributed by atoms with Crippen LogP contribution in [0.1, 0.15) is 5.56 Å². The second kappa shape index (κ2) is 5.41. The van der Waals surface area contributed by atoms with Gasteiger partial charge in [-0.1, -0.05) is 58.4 Å². The summed E-state index contributed by atoms with van der Waals surface area (Å²) in [6.45, 7) is 0. The highest BCUT2D eigenvalue weighted by molar-refractivity contribution is 9.08. The number of benzene rings is 2. The maximum Gasteiger partial charge on any atom is 0.226 e. The summed E-state index contributed by atoms with van der Waals surface area (Å²) in [5.74, 6) is 0.654. The molecule has 1 aromatic heterocycles.